The number of rotatable bonds is 2. The minimum Gasteiger partial charge on any atom is -0.310 e. The Morgan fingerprint density at radius 3 is 2.76 bits per heavy atom. The zero-order valence-corrected chi connectivity index (χ0v) is 10.0. The van der Waals surface area contributed by atoms with Crippen molar-refractivity contribution in [3.8, 4) is 0 Å². The fraction of sp³-hybridized carbons (Fsp3) is 0.455. The smallest absolute Gasteiger partial charge is 0.277 e. The lowest BCUT2D eigenvalue weighted by Crippen LogP contribution is -2.27. The van der Waals surface area contributed by atoms with E-state index in [4.69, 9.17) is 0 Å². The average Bonchev–Trinajstić information content (AvgIpc) is 2.30. The lowest BCUT2D eigenvalue weighted by Gasteiger charge is -2.23. The van der Waals surface area contributed by atoms with Crippen molar-refractivity contribution in [2.75, 3.05) is 6.54 Å². The van der Waals surface area contributed by atoms with Crippen LogP contribution in [0.15, 0.2) is 18.2 Å². The summed E-state index contributed by atoms with van der Waals surface area (Å²) in [5.74, 6) is -0.564. The van der Waals surface area contributed by atoms with Crippen LogP contribution in [0.25, 0.3) is 0 Å². The van der Waals surface area contributed by atoms with Gasteiger partial charge >= 0.3 is 0 Å². The molecule has 2 rings (SSSR count). The molecule has 1 fully saturated rings. The molecule has 0 aliphatic carbocycles. The molecule has 0 spiro atoms. The standard InChI is InChI=1S/C11H13FN2O2.ClH/c12-8-4-5-9(11(7-8)14(15)16)10-3-1-2-6-13-10;/h4-5,7,10,13H,1-3,6H2;1H/t10-;/m1./s1. The van der Waals surface area contributed by atoms with E-state index in [0.29, 0.717) is 5.56 Å². The molecule has 6 heteroatoms. The lowest BCUT2D eigenvalue weighted by atomic mass is 9.96. The van der Waals surface area contributed by atoms with Crippen LogP contribution in [0.1, 0.15) is 30.9 Å². The molecule has 1 heterocycles. The third-order valence-corrected chi connectivity index (χ3v) is 2.87. The van der Waals surface area contributed by atoms with Gasteiger partial charge in [0.15, 0.2) is 0 Å². The Hall–Kier alpha value is -1.20. The third-order valence-electron chi connectivity index (χ3n) is 2.87. The maximum absolute atomic E-state index is 12.9. The van der Waals surface area contributed by atoms with Crippen LogP contribution >= 0.6 is 12.4 Å². The summed E-state index contributed by atoms with van der Waals surface area (Å²) < 4.78 is 12.9. The van der Waals surface area contributed by atoms with Gasteiger partial charge in [-0.1, -0.05) is 6.42 Å². The zero-order chi connectivity index (χ0) is 11.5. The Bertz CT molecular complexity index is 408. The van der Waals surface area contributed by atoms with Crippen LogP contribution in [0.2, 0.25) is 0 Å². The van der Waals surface area contributed by atoms with Crippen molar-refractivity contribution in [1.82, 2.24) is 5.32 Å². The second-order valence-corrected chi connectivity index (χ2v) is 3.96. The summed E-state index contributed by atoms with van der Waals surface area (Å²) in [4.78, 5) is 10.3. The molecule has 0 unspecified atom stereocenters. The molecule has 1 aliphatic heterocycles. The van der Waals surface area contributed by atoms with E-state index in [1.54, 1.807) is 0 Å². The number of nitrogens with one attached hydrogen (secondary N) is 1. The molecule has 94 valence electrons. The van der Waals surface area contributed by atoms with E-state index in [0.717, 1.165) is 31.9 Å². The van der Waals surface area contributed by atoms with Crippen molar-refractivity contribution in [3.63, 3.8) is 0 Å². The Morgan fingerprint density at radius 2 is 2.18 bits per heavy atom. The van der Waals surface area contributed by atoms with Crippen LogP contribution in [0.5, 0.6) is 0 Å². The van der Waals surface area contributed by atoms with Gasteiger partial charge in [0.25, 0.3) is 5.69 Å². The molecule has 0 amide bonds. The number of nitro groups is 1. The van der Waals surface area contributed by atoms with Gasteiger partial charge in [0.1, 0.15) is 5.82 Å². The highest BCUT2D eigenvalue weighted by atomic mass is 35.5. The summed E-state index contributed by atoms with van der Waals surface area (Å²) in [6, 6.07) is 3.76. The molecule has 0 saturated carbocycles. The topological polar surface area (TPSA) is 55.2 Å². The van der Waals surface area contributed by atoms with Gasteiger partial charge in [-0.3, -0.25) is 10.1 Å². The molecule has 1 aromatic rings. The van der Waals surface area contributed by atoms with E-state index in [9.17, 15) is 14.5 Å². The number of piperidine rings is 1. The average molecular weight is 261 g/mol. The van der Waals surface area contributed by atoms with Gasteiger partial charge in [0.05, 0.1) is 11.0 Å². The molecule has 4 nitrogen and oxygen atoms in total. The van der Waals surface area contributed by atoms with Gasteiger partial charge in [0.2, 0.25) is 0 Å². The van der Waals surface area contributed by atoms with Gasteiger partial charge in [0, 0.05) is 11.6 Å². The molecule has 0 bridgehead atoms. The first-order chi connectivity index (χ1) is 7.68. The highest BCUT2D eigenvalue weighted by molar-refractivity contribution is 5.85. The minimum absolute atomic E-state index is 0. The van der Waals surface area contributed by atoms with Gasteiger partial charge in [-0.15, -0.1) is 12.4 Å². The van der Waals surface area contributed by atoms with Gasteiger partial charge in [-0.25, -0.2) is 4.39 Å². The molecule has 17 heavy (non-hydrogen) atoms. The summed E-state index contributed by atoms with van der Waals surface area (Å²) in [6.07, 6.45) is 3.00. The maximum atomic E-state index is 12.9. The SMILES string of the molecule is Cl.O=[N+]([O-])c1cc(F)ccc1[C@H]1CCCCN1. The molecule has 1 aliphatic rings. The summed E-state index contributed by atoms with van der Waals surface area (Å²) >= 11 is 0. The summed E-state index contributed by atoms with van der Waals surface area (Å²) in [7, 11) is 0. The Kier molecular flexibility index (Phi) is 4.84. The van der Waals surface area contributed by atoms with Gasteiger partial charge in [-0.2, -0.15) is 0 Å². The molecule has 1 N–H and O–H groups in total. The quantitative estimate of drug-likeness (QED) is 0.657. The van der Waals surface area contributed by atoms with E-state index in [-0.39, 0.29) is 24.1 Å². The molecule has 1 atom stereocenters. The maximum Gasteiger partial charge on any atom is 0.277 e. The molecule has 0 aromatic heterocycles. The molecule has 1 saturated heterocycles. The Labute approximate surface area is 105 Å². The number of nitrogens with zero attached hydrogens (tertiary/aromatic N) is 1. The lowest BCUT2D eigenvalue weighted by molar-refractivity contribution is -0.386. The fourth-order valence-electron chi connectivity index (χ4n) is 2.09. The number of benzene rings is 1. The fourth-order valence-corrected chi connectivity index (χ4v) is 2.09. The van der Waals surface area contributed by atoms with Crippen molar-refractivity contribution in [2.45, 2.75) is 25.3 Å². The highest BCUT2D eigenvalue weighted by Gasteiger charge is 2.23. The van der Waals surface area contributed by atoms with Crippen LogP contribution in [-0.4, -0.2) is 11.5 Å². The predicted molar refractivity (Wildman–Crippen MR) is 64.9 cm³/mol. The van der Waals surface area contributed by atoms with Crippen molar-refractivity contribution in [3.05, 3.63) is 39.7 Å². The summed E-state index contributed by atoms with van der Waals surface area (Å²) in [5, 5.41) is 14.1. The first-order valence-corrected chi connectivity index (χ1v) is 5.35. The minimum atomic E-state index is -0.564. The molecular weight excluding hydrogens is 247 g/mol. The van der Waals surface area contributed by atoms with Crippen molar-refractivity contribution >= 4 is 18.1 Å². The third kappa shape index (κ3) is 3.14. The second kappa shape index (κ2) is 5.93. The zero-order valence-electron chi connectivity index (χ0n) is 9.19. The Balaban J connectivity index is 0.00000144. The largest absolute Gasteiger partial charge is 0.310 e. The van der Waals surface area contributed by atoms with E-state index in [1.807, 2.05) is 0 Å². The van der Waals surface area contributed by atoms with Crippen molar-refractivity contribution in [2.24, 2.45) is 0 Å². The molecule has 0 radical (unpaired) electrons. The van der Waals surface area contributed by atoms with E-state index in [1.165, 1.54) is 12.1 Å². The molecule has 1 aromatic carbocycles. The Morgan fingerprint density at radius 1 is 1.41 bits per heavy atom. The van der Waals surface area contributed by atoms with E-state index < -0.39 is 10.7 Å². The number of halogens is 2. The highest BCUT2D eigenvalue weighted by Crippen LogP contribution is 2.30. The van der Waals surface area contributed by atoms with Crippen LogP contribution in [0, 0.1) is 15.9 Å². The van der Waals surface area contributed by atoms with Crippen LogP contribution in [0.3, 0.4) is 0 Å². The number of nitro benzene ring substituents is 1. The number of hydrogen-bond donors (Lipinski definition) is 1. The summed E-state index contributed by atoms with van der Waals surface area (Å²) in [6.45, 7) is 0.860. The number of hydrogen-bond acceptors (Lipinski definition) is 3. The van der Waals surface area contributed by atoms with E-state index in [2.05, 4.69) is 5.32 Å². The van der Waals surface area contributed by atoms with Gasteiger partial charge < -0.3 is 5.32 Å². The van der Waals surface area contributed by atoms with Crippen molar-refractivity contribution < 1.29 is 9.31 Å². The van der Waals surface area contributed by atoms with Gasteiger partial charge in [-0.05, 0) is 31.5 Å². The normalized spacial score (nSPS) is 19.5. The second-order valence-electron chi connectivity index (χ2n) is 3.96. The predicted octanol–water partition coefficient (Wildman–Crippen LogP) is 2.97. The van der Waals surface area contributed by atoms with Crippen LogP contribution in [0.4, 0.5) is 10.1 Å². The monoisotopic (exact) mass is 260 g/mol. The van der Waals surface area contributed by atoms with Crippen LogP contribution < -0.4 is 5.32 Å². The molecular formula is C11H14ClFN2O2. The first kappa shape index (κ1) is 13.9. The summed E-state index contributed by atoms with van der Waals surface area (Å²) in [5.41, 5.74) is 0.463. The first-order valence-electron chi connectivity index (χ1n) is 5.35. The van der Waals surface area contributed by atoms with Crippen LogP contribution in [-0.2, 0) is 0 Å². The van der Waals surface area contributed by atoms with E-state index >= 15 is 0 Å². The van der Waals surface area contributed by atoms with Crippen molar-refractivity contribution in [1.29, 1.82) is 0 Å².